The second kappa shape index (κ2) is 5.59. The molecule has 0 radical (unpaired) electrons. The summed E-state index contributed by atoms with van der Waals surface area (Å²) in [6.07, 6.45) is 5.25. The van der Waals surface area contributed by atoms with Gasteiger partial charge in [-0.25, -0.2) is 9.97 Å². The molecule has 2 aromatic rings. The van der Waals surface area contributed by atoms with E-state index in [2.05, 4.69) is 57.2 Å². The van der Waals surface area contributed by atoms with Crippen molar-refractivity contribution in [1.29, 1.82) is 0 Å². The molecule has 0 fully saturated rings. The lowest BCUT2D eigenvalue weighted by atomic mass is 9.97. The summed E-state index contributed by atoms with van der Waals surface area (Å²) in [5.74, 6) is 0. The van der Waals surface area contributed by atoms with Crippen molar-refractivity contribution < 1.29 is 0 Å². The molecule has 0 aliphatic carbocycles. The highest BCUT2D eigenvalue weighted by Crippen LogP contribution is 2.28. The van der Waals surface area contributed by atoms with Crippen LogP contribution in [0.25, 0.3) is 0 Å². The van der Waals surface area contributed by atoms with E-state index in [-0.39, 0.29) is 6.04 Å². The molecule has 0 saturated carbocycles. The molecule has 1 N–H and O–H groups in total. The van der Waals surface area contributed by atoms with Crippen LogP contribution in [-0.4, -0.2) is 17.0 Å². The quantitative estimate of drug-likeness (QED) is 0.946. The van der Waals surface area contributed by atoms with Gasteiger partial charge in [-0.1, -0.05) is 28.1 Å². The molecule has 1 heterocycles. The van der Waals surface area contributed by atoms with Gasteiger partial charge in [-0.3, -0.25) is 0 Å². The van der Waals surface area contributed by atoms with Crippen LogP contribution in [0.3, 0.4) is 0 Å². The van der Waals surface area contributed by atoms with Crippen LogP contribution in [-0.2, 0) is 0 Å². The summed E-state index contributed by atoms with van der Waals surface area (Å²) in [5, 5.41) is 3.31. The SMILES string of the molecule is CNC(c1cncnc1)c1cc(C)c(Br)c(C)c1. The first-order chi connectivity index (χ1) is 8.63. The van der Waals surface area contributed by atoms with Gasteiger partial charge in [0.25, 0.3) is 0 Å². The Kier molecular flexibility index (Phi) is 4.09. The third kappa shape index (κ3) is 2.60. The topological polar surface area (TPSA) is 37.8 Å². The third-order valence-corrected chi connectivity index (χ3v) is 4.25. The molecule has 1 aromatic heterocycles. The zero-order valence-electron chi connectivity index (χ0n) is 10.7. The maximum absolute atomic E-state index is 4.08. The van der Waals surface area contributed by atoms with Crippen molar-refractivity contribution in [2.45, 2.75) is 19.9 Å². The molecule has 0 spiro atoms. The maximum atomic E-state index is 4.08. The summed E-state index contributed by atoms with van der Waals surface area (Å²) in [7, 11) is 1.95. The van der Waals surface area contributed by atoms with Crippen molar-refractivity contribution >= 4 is 15.9 Å². The monoisotopic (exact) mass is 305 g/mol. The average molecular weight is 306 g/mol. The summed E-state index contributed by atoms with van der Waals surface area (Å²) >= 11 is 3.60. The molecule has 0 saturated heterocycles. The fraction of sp³-hybridized carbons (Fsp3) is 0.286. The predicted molar refractivity (Wildman–Crippen MR) is 76.6 cm³/mol. The number of aryl methyl sites for hydroxylation is 2. The van der Waals surface area contributed by atoms with Crippen LogP contribution in [0.15, 0.2) is 35.3 Å². The number of nitrogens with one attached hydrogen (secondary N) is 1. The van der Waals surface area contributed by atoms with E-state index in [4.69, 9.17) is 0 Å². The molecule has 18 heavy (non-hydrogen) atoms. The average Bonchev–Trinajstić information content (AvgIpc) is 2.38. The summed E-state index contributed by atoms with van der Waals surface area (Å²) in [4.78, 5) is 8.16. The Bertz CT molecular complexity index is 517. The Morgan fingerprint density at radius 2 is 1.61 bits per heavy atom. The summed E-state index contributed by atoms with van der Waals surface area (Å²) in [6, 6.07) is 4.49. The first-order valence-corrected chi connectivity index (χ1v) is 6.61. The van der Waals surface area contributed by atoms with Crippen molar-refractivity contribution in [3.63, 3.8) is 0 Å². The van der Waals surface area contributed by atoms with E-state index in [0.717, 1.165) is 5.56 Å². The smallest absolute Gasteiger partial charge is 0.115 e. The van der Waals surface area contributed by atoms with Crippen molar-refractivity contribution in [2.24, 2.45) is 0 Å². The highest BCUT2D eigenvalue weighted by Gasteiger charge is 2.14. The maximum Gasteiger partial charge on any atom is 0.115 e. The molecular formula is C14H16BrN3. The standard InChI is InChI=1S/C14H16BrN3/c1-9-4-11(5-10(2)13(9)15)14(16-3)12-6-17-8-18-7-12/h4-8,14,16H,1-3H3. The van der Waals surface area contributed by atoms with E-state index in [9.17, 15) is 0 Å². The van der Waals surface area contributed by atoms with E-state index in [1.165, 1.54) is 21.2 Å². The minimum Gasteiger partial charge on any atom is -0.309 e. The first kappa shape index (κ1) is 13.2. The zero-order valence-corrected chi connectivity index (χ0v) is 12.3. The van der Waals surface area contributed by atoms with Crippen LogP contribution < -0.4 is 5.32 Å². The van der Waals surface area contributed by atoms with Crippen LogP contribution >= 0.6 is 15.9 Å². The second-order valence-electron chi connectivity index (χ2n) is 4.36. The molecule has 4 heteroatoms. The molecule has 94 valence electrons. The molecular weight excluding hydrogens is 290 g/mol. The van der Waals surface area contributed by atoms with Crippen LogP contribution in [0.2, 0.25) is 0 Å². The van der Waals surface area contributed by atoms with Crippen LogP contribution in [0.5, 0.6) is 0 Å². The number of benzene rings is 1. The Morgan fingerprint density at radius 1 is 1.06 bits per heavy atom. The lowest BCUT2D eigenvalue weighted by molar-refractivity contribution is 0.683. The van der Waals surface area contributed by atoms with Crippen molar-refractivity contribution in [2.75, 3.05) is 7.05 Å². The van der Waals surface area contributed by atoms with Gasteiger partial charge in [-0.05, 0) is 37.6 Å². The Hall–Kier alpha value is -1.26. The molecule has 1 aromatic carbocycles. The number of hydrogen-bond donors (Lipinski definition) is 1. The van der Waals surface area contributed by atoms with E-state index in [0.29, 0.717) is 0 Å². The summed E-state index contributed by atoms with van der Waals surface area (Å²) in [5.41, 5.74) is 4.77. The fourth-order valence-electron chi connectivity index (χ4n) is 2.13. The lowest BCUT2D eigenvalue weighted by Crippen LogP contribution is -2.18. The van der Waals surface area contributed by atoms with Crippen LogP contribution in [0.1, 0.15) is 28.3 Å². The van der Waals surface area contributed by atoms with Crippen molar-refractivity contribution in [1.82, 2.24) is 15.3 Å². The Labute approximate surface area is 116 Å². The molecule has 2 rings (SSSR count). The Balaban J connectivity index is 2.46. The minimum absolute atomic E-state index is 0.122. The molecule has 1 unspecified atom stereocenters. The van der Waals surface area contributed by atoms with Crippen LogP contribution in [0, 0.1) is 13.8 Å². The molecule has 3 nitrogen and oxygen atoms in total. The number of aromatic nitrogens is 2. The van der Waals surface area contributed by atoms with E-state index < -0.39 is 0 Å². The molecule has 0 aliphatic heterocycles. The largest absolute Gasteiger partial charge is 0.309 e. The first-order valence-electron chi connectivity index (χ1n) is 5.82. The van der Waals surface area contributed by atoms with Gasteiger partial charge in [-0.2, -0.15) is 0 Å². The van der Waals surface area contributed by atoms with Crippen molar-refractivity contribution in [3.8, 4) is 0 Å². The minimum atomic E-state index is 0.122. The van der Waals surface area contributed by atoms with Gasteiger partial charge < -0.3 is 5.32 Å². The van der Waals surface area contributed by atoms with Crippen molar-refractivity contribution in [3.05, 3.63) is 57.6 Å². The lowest BCUT2D eigenvalue weighted by Gasteiger charge is -2.18. The number of halogens is 1. The van der Waals surface area contributed by atoms with Gasteiger partial charge >= 0.3 is 0 Å². The van der Waals surface area contributed by atoms with Crippen LogP contribution in [0.4, 0.5) is 0 Å². The van der Waals surface area contributed by atoms with Gasteiger partial charge in [0, 0.05) is 22.4 Å². The molecule has 0 aliphatic rings. The van der Waals surface area contributed by atoms with E-state index in [1.807, 2.05) is 19.4 Å². The zero-order chi connectivity index (χ0) is 13.1. The summed E-state index contributed by atoms with van der Waals surface area (Å²) in [6.45, 7) is 4.21. The highest BCUT2D eigenvalue weighted by atomic mass is 79.9. The second-order valence-corrected chi connectivity index (χ2v) is 5.16. The number of nitrogens with zero attached hydrogens (tertiary/aromatic N) is 2. The van der Waals surface area contributed by atoms with Gasteiger partial charge in [0.05, 0.1) is 6.04 Å². The summed E-state index contributed by atoms with van der Waals surface area (Å²) < 4.78 is 1.17. The third-order valence-electron chi connectivity index (χ3n) is 2.99. The normalized spacial score (nSPS) is 12.4. The highest BCUT2D eigenvalue weighted by molar-refractivity contribution is 9.10. The van der Waals surface area contributed by atoms with Gasteiger partial charge in [-0.15, -0.1) is 0 Å². The van der Waals surface area contributed by atoms with Gasteiger partial charge in [0.2, 0.25) is 0 Å². The van der Waals surface area contributed by atoms with E-state index >= 15 is 0 Å². The Morgan fingerprint density at radius 3 is 2.11 bits per heavy atom. The fourth-order valence-corrected chi connectivity index (χ4v) is 2.36. The number of rotatable bonds is 3. The predicted octanol–water partition coefficient (Wildman–Crippen LogP) is 3.16. The molecule has 1 atom stereocenters. The number of hydrogen-bond acceptors (Lipinski definition) is 3. The van der Waals surface area contributed by atoms with Gasteiger partial charge in [0.15, 0.2) is 0 Å². The van der Waals surface area contributed by atoms with E-state index in [1.54, 1.807) is 6.33 Å². The molecule has 0 amide bonds. The van der Waals surface area contributed by atoms with Gasteiger partial charge in [0.1, 0.15) is 6.33 Å². The molecule has 0 bridgehead atoms.